The first kappa shape index (κ1) is 25.7. The lowest BCUT2D eigenvalue weighted by Crippen LogP contribution is -2.54. The van der Waals surface area contributed by atoms with Crippen LogP contribution in [0.4, 0.5) is 0 Å². The number of nitrogens with two attached hydrogens (primary N) is 1. The molecule has 0 bridgehead atoms. The van der Waals surface area contributed by atoms with Crippen molar-refractivity contribution in [1.82, 2.24) is 0 Å². The minimum absolute atomic E-state index is 0.180. The second kappa shape index (κ2) is 9.94. The summed E-state index contributed by atoms with van der Waals surface area (Å²) in [5.41, 5.74) is 7.97. The fraction of sp³-hybridized carbons (Fsp3) is 0.933. The van der Waals surface area contributed by atoms with Crippen LogP contribution in [0.2, 0.25) is 0 Å². The molecule has 33 heavy (non-hydrogen) atoms. The summed E-state index contributed by atoms with van der Waals surface area (Å²) in [6.07, 6.45) is 15.9. The van der Waals surface area contributed by atoms with Gasteiger partial charge in [-0.05, 0) is 110 Å². The molecule has 0 radical (unpaired) electrons. The summed E-state index contributed by atoms with van der Waals surface area (Å²) in [4.78, 5) is 0. The van der Waals surface area contributed by atoms with Crippen molar-refractivity contribution in [2.24, 2.45) is 58.0 Å². The van der Waals surface area contributed by atoms with E-state index in [9.17, 15) is 10.2 Å². The van der Waals surface area contributed by atoms with Gasteiger partial charge in [-0.2, -0.15) is 0 Å². The van der Waals surface area contributed by atoms with Crippen molar-refractivity contribution < 1.29 is 10.2 Å². The van der Waals surface area contributed by atoms with Crippen molar-refractivity contribution in [3.05, 3.63) is 11.6 Å². The molecule has 0 aromatic rings. The maximum Gasteiger partial charge on any atom is 0.102 e. The van der Waals surface area contributed by atoms with Gasteiger partial charge in [-0.15, -0.1) is 0 Å². The molecule has 0 amide bonds. The van der Waals surface area contributed by atoms with Gasteiger partial charge in [0.05, 0.1) is 6.10 Å². The van der Waals surface area contributed by atoms with E-state index in [2.05, 4.69) is 40.7 Å². The van der Waals surface area contributed by atoms with E-state index in [-0.39, 0.29) is 11.5 Å². The number of hydrogen-bond donors (Lipinski definition) is 3. The molecule has 4 aliphatic rings. The molecule has 0 heterocycles. The monoisotopic (exact) mass is 459 g/mol. The Bertz CT molecular complexity index is 701. The highest BCUT2D eigenvalue weighted by Crippen LogP contribution is 2.68. The summed E-state index contributed by atoms with van der Waals surface area (Å²) >= 11 is 0. The van der Waals surface area contributed by atoms with Crippen molar-refractivity contribution >= 4 is 0 Å². The van der Waals surface area contributed by atoms with Crippen LogP contribution in [0, 0.1) is 52.3 Å². The highest BCUT2D eigenvalue weighted by atomic mass is 16.3. The molecule has 3 heteroatoms. The molecule has 4 N–H and O–H groups in total. The fourth-order valence-electron chi connectivity index (χ4n) is 9.69. The predicted octanol–water partition coefficient (Wildman–Crippen LogP) is 6.67. The number of fused-ring (bicyclic) bond motifs is 5. The van der Waals surface area contributed by atoms with E-state index in [0.717, 1.165) is 54.8 Å². The molecule has 4 aliphatic carbocycles. The molecule has 0 aromatic carbocycles. The van der Waals surface area contributed by atoms with Gasteiger partial charge in [0.2, 0.25) is 0 Å². The maximum absolute atomic E-state index is 10.7. The fourth-order valence-corrected chi connectivity index (χ4v) is 9.69. The van der Waals surface area contributed by atoms with E-state index in [0.29, 0.717) is 17.8 Å². The van der Waals surface area contributed by atoms with Crippen LogP contribution in [0.25, 0.3) is 0 Å². The van der Waals surface area contributed by atoms with E-state index >= 15 is 0 Å². The van der Waals surface area contributed by atoms with Crippen LogP contribution in [0.3, 0.4) is 0 Å². The number of allylic oxidation sites excluding steroid dienone is 1. The minimum atomic E-state index is -0.734. The van der Waals surface area contributed by atoms with E-state index in [4.69, 9.17) is 5.73 Å². The Morgan fingerprint density at radius 3 is 2.52 bits per heavy atom. The highest BCUT2D eigenvalue weighted by molar-refractivity contribution is 5.27. The van der Waals surface area contributed by atoms with Crippen molar-refractivity contribution in [3.63, 3.8) is 0 Å². The largest absolute Gasteiger partial charge is 0.393 e. The van der Waals surface area contributed by atoms with E-state index in [1.807, 2.05) is 0 Å². The van der Waals surface area contributed by atoms with Gasteiger partial charge in [0.25, 0.3) is 0 Å². The molecule has 0 aromatic heterocycles. The lowest BCUT2D eigenvalue weighted by molar-refractivity contribution is -0.0822. The van der Waals surface area contributed by atoms with Crippen LogP contribution in [-0.2, 0) is 0 Å². The average Bonchev–Trinajstić information content (AvgIpc) is 3.09. The zero-order valence-corrected chi connectivity index (χ0v) is 22.2. The molecule has 3 saturated carbocycles. The van der Waals surface area contributed by atoms with Crippen LogP contribution in [0.5, 0.6) is 0 Å². The van der Waals surface area contributed by atoms with Crippen LogP contribution < -0.4 is 5.73 Å². The lowest BCUT2D eigenvalue weighted by Gasteiger charge is -2.61. The van der Waals surface area contributed by atoms with E-state index < -0.39 is 6.23 Å². The van der Waals surface area contributed by atoms with Gasteiger partial charge in [0, 0.05) is 0 Å². The summed E-state index contributed by atoms with van der Waals surface area (Å²) in [6, 6.07) is 0. The quantitative estimate of drug-likeness (QED) is 0.280. The van der Waals surface area contributed by atoms with E-state index in [1.165, 1.54) is 56.9 Å². The third kappa shape index (κ3) is 4.73. The predicted molar refractivity (Wildman–Crippen MR) is 137 cm³/mol. The second-order valence-electron chi connectivity index (χ2n) is 13.6. The first-order valence-electron chi connectivity index (χ1n) is 14.4. The molecule has 3 nitrogen and oxygen atoms in total. The lowest BCUT2D eigenvalue weighted by atomic mass is 9.44. The Balaban J connectivity index is 1.53. The summed E-state index contributed by atoms with van der Waals surface area (Å²) in [7, 11) is 0. The Labute approximate surface area is 204 Å². The molecule has 10 atom stereocenters. The van der Waals surface area contributed by atoms with Crippen molar-refractivity contribution in [3.8, 4) is 0 Å². The Hall–Kier alpha value is -0.380. The van der Waals surface area contributed by atoms with Crippen LogP contribution in [0.15, 0.2) is 11.6 Å². The van der Waals surface area contributed by atoms with Gasteiger partial charge < -0.3 is 15.9 Å². The zero-order chi connectivity index (χ0) is 24.0. The van der Waals surface area contributed by atoms with E-state index in [1.54, 1.807) is 0 Å². The van der Waals surface area contributed by atoms with Gasteiger partial charge in [0.1, 0.15) is 6.23 Å². The third-order valence-corrected chi connectivity index (χ3v) is 11.4. The summed E-state index contributed by atoms with van der Waals surface area (Å²) in [6.45, 7) is 12.5. The molecule has 190 valence electrons. The Morgan fingerprint density at radius 2 is 1.82 bits per heavy atom. The van der Waals surface area contributed by atoms with Crippen molar-refractivity contribution in [1.29, 1.82) is 0 Å². The first-order valence-corrected chi connectivity index (χ1v) is 14.4. The Morgan fingerprint density at radius 1 is 1.06 bits per heavy atom. The van der Waals surface area contributed by atoms with Gasteiger partial charge in [0.15, 0.2) is 0 Å². The SMILES string of the molecule is CC(C)CCC[C@@H](C)[C@H]1CC[C@H]2[C@@H]3CC=C4C[C@@H](O)CC(CCC(N)O)[C@]4(C)[C@H]3CC[C@]12C. The standard InChI is InChI=1S/C30H53NO2/c1-19(2)7-6-8-20(3)25-12-13-26-24-11-9-21-17-23(32)18-22(10-14-28(31)33)30(21,5)27(24)15-16-29(25,26)4/h9,19-20,22-28,32-33H,6-8,10-18,31H2,1-5H3/t20-,22?,23-,24+,25-,26+,27+,28?,29-,30-/m1/s1. The van der Waals surface area contributed by atoms with Crippen molar-refractivity contribution in [2.45, 2.75) is 124 Å². The number of hydrogen-bond acceptors (Lipinski definition) is 3. The second-order valence-corrected chi connectivity index (χ2v) is 13.6. The van der Waals surface area contributed by atoms with Crippen LogP contribution in [0.1, 0.15) is 112 Å². The highest BCUT2D eigenvalue weighted by Gasteiger charge is 2.60. The van der Waals surface area contributed by atoms with Crippen LogP contribution in [-0.4, -0.2) is 22.5 Å². The summed E-state index contributed by atoms with van der Waals surface area (Å²) in [5, 5.41) is 20.4. The molecular formula is C30H53NO2. The van der Waals surface area contributed by atoms with Gasteiger partial charge in [-0.25, -0.2) is 0 Å². The molecule has 2 unspecified atom stereocenters. The third-order valence-electron chi connectivity index (χ3n) is 11.4. The number of aliphatic hydroxyl groups is 2. The van der Waals surface area contributed by atoms with Crippen LogP contribution >= 0.6 is 0 Å². The first-order chi connectivity index (χ1) is 15.6. The minimum Gasteiger partial charge on any atom is -0.393 e. The molecular weight excluding hydrogens is 406 g/mol. The zero-order valence-electron chi connectivity index (χ0n) is 22.2. The normalized spacial score (nSPS) is 44.6. The molecule has 4 rings (SSSR count). The molecule has 0 saturated heterocycles. The molecule has 0 spiro atoms. The maximum atomic E-state index is 10.7. The van der Waals surface area contributed by atoms with Gasteiger partial charge in [-0.3, -0.25) is 0 Å². The number of aliphatic hydroxyl groups excluding tert-OH is 2. The van der Waals surface area contributed by atoms with Gasteiger partial charge >= 0.3 is 0 Å². The topological polar surface area (TPSA) is 66.5 Å². The van der Waals surface area contributed by atoms with Gasteiger partial charge in [-0.1, -0.05) is 65.5 Å². The average molecular weight is 460 g/mol. The van der Waals surface area contributed by atoms with Crippen molar-refractivity contribution in [2.75, 3.05) is 0 Å². The molecule has 3 fully saturated rings. The summed E-state index contributed by atoms with van der Waals surface area (Å²) in [5.74, 6) is 5.40. The summed E-state index contributed by atoms with van der Waals surface area (Å²) < 4.78 is 0. The molecule has 0 aliphatic heterocycles. The smallest absolute Gasteiger partial charge is 0.102 e. The Kier molecular flexibility index (Phi) is 7.74. The number of rotatable bonds is 8.